The van der Waals surface area contributed by atoms with Crippen LogP contribution in [0.1, 0.15) is 11.1 Å². The van der Waals surface area contributed by atoms with Gasteiger partial charge in [0.15, 0.2) is 0 Å². The molecule has 0 aromatic heterocycles. The Labute approximate surface area is 121 Å². The Morgan fingerprint density at radius 1 is 1.26 bits per heavy atom. The summed E-state index contributed by atoms with van der Waals surface area (Å²) < 4.78 is 13.8. The van der Waals surface area contributed by atoms with Gasteiger partial charge in [0, 0.05) is 17.1 Å². The molecule has 0 spiro atoms. The molecule has 2 nitrogen and oxygen atoms in total. The molecular formula is C14H12ClFN2S. The van der Waals surface area contributed by atoms with Gasteiger partial charge >= 0.3 is 0 Å². The number of hydrogen-bond acceptors (Lipinski definition) is 2. The molecule has 3 N–H and O–H groups in total. The molecule has 2 rings (SSSR count). The largest absolute Gasteiger partial charge is 0.389 e. The molecule has 0 aliphatic rings. The van der Waals surface area contributed by atoms with Gasteiger partial charge in [-0.3, -0.25) is 0 Å². The van der Waals surface area contributed by atoms with E-state index in [4.69, 9.17) is 29.6 Å². The van der Waals surface area contributed by atoms with E-state index in [2.05, 4.69) is 5.32 Å². The zero-order valence-corrected chi connectivity index (χ0v) is 11.6. The van der Waals surface area contributed by atoms with Gasteiger partial charge in [0.05, 0.1) is 5.69 Å². The van der Waals surface area contributed by atoms with Crippen LogP contribution in [-0.2, 0) is 6.54 Å². The van der Waals surface area contributed by atoms with Gasteiger partial charge in [-0.25, -0.2) is 4.39 Å². The average molecular weight is 295 g/mol. The number of nitrogens with one attached hydrogen (secondary N) is 1. The minimum atomic E-state index is -0.382. The highest BCUT2D eigenvalue weighted by atomic mass is 35.5. The van der Waals surface area contributed by atoms with Crippen LogP contribution in [-0.4, -0.2) is 4.99 Å². The number of anilines is 1. The van der Waals surface area contributed by atoms with Crippen LogP contribution >= 0.6 is 23.8 Å². The number of nitrogens with two attached hydrogens (primary N) is 1. The normalized spacial score (nSPS) is 10.2. The van der Waals surface area contributed by atoms with Crippen molar-refractivity contribution in [3.05, 3.63) is 64.4 Å². The van der Waals surface area contributed by atoms with E-state index < -0.39 is 0 Å². The lowest BCUT2D eigenvalue weighted by Crippen LogP contribution is -2.10. The van der Waals surface area contributed by atoms with Crippen LogP contribution in [0.4, 0.5) is 10.1 Å². The maximum atomic E-state index is 13.8. The molecule has 2 aromatic carbocycles. The second-order valence-electron chi connectivity index (χ2n) is 4.04. The fraction of sp³-hybridized carbons (Fsp3) is 0.0714. The highest BCUT2D eigenvalue weighted by Gasteiger charge is 2.05. The third-order valence-corrected chi connectivity index (χ3v) is 3.10. The number of halogens is 2. The standard InChI is InChI=1S/C14H12ClFN2S/c15-11-3-1-2-9(6-11)8-18-13-5-4-10(14(17)19)7-12(13)16/h1-7,18H,8H2,(H2,17,19). The van der Waals surface area contributed by atoms with Crippen molar-refractivity contribution in [2.24, 2.45) is 5.73 Å². The summed E-state index contributed by atoms with van der Waals surface area (Å²) in [4.78, 5) is 0.181. The van der Waals surface area contributed by atoms with E-state index in [1.165, 1.54) is 6.07 Å². The maximum absolute atomic E-state index is 13.8. The van der Waals surface area contributed by atoms with E-state index in [0.717, 1.165) is 5.56 Å². The van der Waals surface area contributed by atoms with E-state index in [9.17, 15) is 4.39 Å². The van der Waals surface area contributed by atoms with Gasteiger partial charge in [0.1, 0.15) is 10.8 Å². The lowest BCUT2D eigenvalue weighted by Gasteiger charge is -2.09. The Morgan fingerprint density at radius 3 is 2.68 bits per heavy atom. The van der Waals surface area contributed by atoms with Gasteiger partial charge in [-0.1, -0.05) is 36.0 Å². The molecule has 0 fully saturated rings. The molecule has 0 saturated heterocycles. The first kappa shape index (κ1) is 13.8. The summed E-state index contributed by atoms with van der Waals surface area (Å²) in [5, 5.41) is 3.66. The van der Waals surface area contributed by atoms with Crippen LogP contribution in [0.2, 0.25) is 5.02 Å². The molecule has 19 heavy (non-hydrogen) atoms. The topological polar surface area (TPSA) is 38.0 Å². The Morgan fingerprint density at radius 2 is 2.05 bits per heavy atom. The minimum absolute atomic E-state index is 0.181. The molecule has 0 bridgehead atoms. The van der Waals surface area contributed by atoms with Crippen LogP contribution in [0.5, 0.6) is 0 Å². The van der Waals surface area contributed by atoms with Crippen molar-refractivity contribution in [3.8, 4) is 0 Å². The lowest BCUT2D eigenvalue weighted by atomic mass is 10.2. The molecule has 0 atom stereocenters. The lowest BCUT2D eigenvalue weighted by molar-refractivity contribution is 0.630. The average Bonchev–Trinajstić information content (AvgIpc) is 2.37. The summed E-state index contributed by atoms with van der Waals surface area (Å²) in [5.74, 6) is -0.382. The van der Waals surface area contributed by atoms with E-state index in [1.54, 1.807) is 18.2 Å². The Hall–Kier alpha value is -1.65. The van der Waals surface area contributed by atoms with Crippen molar-refractivity contribution < 1.29 is 4.39 Å². The fourth-order valence-electron chi connectivity index (χ4n) is 1.66. The van der Waals surface area contributed by atoms with Crippen molar-refractivity contribution in [1.29, 1.82) is 0 Å². The van der Waals surface area contributed by atoms with Gasteiger partial charge in [0.2, 0.25) is 0 Å². The zero-order chi connectivity index (χ0) is 13.8. The second-order valence-corrected chi connectivity index (χ2v) is 4.92. The molecule has 0 radical (unpaired) electrons. The van der Waals surface area contributed by atoms with Crippen LogP contribution in [0, 0.1) is 5.82 Å². The Kier molecular flexibility index (Phi) is 4.35. The Bertz CT molecular complexity index is 616. The second kappa shape index (κ2) is 5.99. The quantitative estimate of drug-likeness (QED) is 0.844. The van der Waals surface area contributed by atoms with Crippen molar-refractivity contribution in [2.75, 3.05) is 5.32 Å². The molecule has 0 unspecified atom stereocenters. The van der Waals surface area contributed by atoms with E-state index in [1.807, 2.05) is 18.2 Å². The van der Waals surface area contributed by atoms with Crippen molar-refractivity contribution in [3.63, 3.8) is 0 Å². The van der Waals surface area contributed by atoms with Crippen LogP contribution in [0.3, 0.4) is 0 Å². The number of rotatable bonds is 4. The SMILES string of the molecule is NC(=S)c1ccc(NCc2cccc(Cl)c2)c(F)c1. The van der Waals surface area contributed by atoms with Gasteiger partial charge in [0.25, 0.3) is 0 Å². The van der Waals surface area contributed by atoms with Crippen molar-refractivity contribution in [2.45, 2.75) is 6.54 Å². The first-order valence-electron chi connectivity index (χ1n) is 5.64. The summed E-state index contributed by atoms with van der Waals surface area (Å²) in [5.41, 5.74) is 7.34. The van der Waals surface area contributed by atoms with Crippen molar-refractivity contribution >= 4 is 34.5 Å². The predicted octanol–water partition coefficient (Wildman–Crippen LogP) is 3.73. The molecule has 0 aliphatic heterocycles. The van der Waals surface area contributed by atoms with Crippen LogP contribution in [0.15, 0.2) is 42.5 Å². The summed E-state index contributed by atoms with van der Waals surface area (Å²) >= 11 is 10.7. The smallest absolute Gasteiger partial charge is 0.146 e. The third-order valence-electron chi connectivity index (χ3n) is 2.63. The molecule has 0 saturated carbocycles. The molecule has 5 heteroatoms. The molecule has 0 amide bonds. The van der Waals surface area contributed by atoms with E-state index in [-0.39, 0.29) is 10.8 Å². The highest BCUT2D eigenvalue weighted by molar-refractivity contribution is 7.80. The molecule has 2 aromatic rings. The van der Waals surface area contributed by atoms with E-state index >= 15 is 0 Å². The van der Waals surface area contributed by atoms with Gasteiger partial charge in [-0.15, -0.1) is 0 Å². The monoisotopic (exact) mass is 294 g/mol. The maximum Gasteiger partial charge on any atom is 0.146 e. The highest BCUT2D eigenvalue weighted by Crippen LogP contribution is 2.18. The zero-order valence-electron chi connectivity index (χ0n) is 9.99. The van der Waals surface area contributed by atoms with E-state index in [0.29, 0.717) is 22.8 Å². The summed E-state index contributed by atoms with van der Waals surface area (Å²) in [6.07, 6.45) is 0. The first-order valence-corrected chi connectivity index (χ1v) is 6.42. The molecule has 98 valence electrons. The van der Waals surface area contributed by atoms with Gasteiger partial charge in [-0.2, -0.15) is 0 Å². The summed E-state index contributed by atoms with van der Waals surface area (Å²) in [6, 6.07) is 12.0. The molecule has 0 aliphatic carbocycles. The third kappa shape index (κ3) is 3.66. The van der Waals surface area contributed by atoms with Gasteiger partial charge < -0.3 is 11.1 Å². The van der Waals surface area contributed by atoms with Crippen LogP contribution in [0.25, 0.3) is 0 Å². The van der Waals surface area contributed by atoms with Gasteiger partial charge in [-0.05, 0) is 35.9 Å². The number of hydrogen-bond donors (Lipinski definition) is 2. The summed E-state index contributed by atoms with van der Waals surface area (Å²) in [7, 11) is 0. The molecule has 0 heterocycles. The first-order chi connectivity index (χ1) is 9.06. The predicted molar refractivity (Wildman–Crippen MR) is 81.1 cm³/mol. The summed E-state index contributed by atoms with van der Waals surface area (Å²) in [6.45, 7) is 0.490. The van der Waals surface area contributed by atoms with Crippen molar-refractivity contribution in [1.82, 2.24) is 0 Å². The number of thiocarbonyl (C=S) groups is 1. The molecular weight excluding hydrogens is 283 g/mol. The Balaban J connectivity index is 2.10. The minimum Gasteiger partial charge on any atom is -0.389 e. The number of benzene rings is 2. The fourth-order valence-corrected chi connectivity index (χ4v) is 2.00. The van der Waals surface area contributed by atoms with Crippen LogP contribution < -0.4 is 11.1 Å².